The first-order valence-electron chi connectivity index (χ1n) is 9.56. The molecule has 3 amide bonds. The van der Waals surface area contributed by atoms with Crippen molar-refractivity contribution in [2.45, 2.75) is 19.9 Å². The maximum atomic E-state index is 12.6. The third-order valence-corrected chi connectivity index (χ3v) is 4.82. The molecule has 3 rings (SSSR count). The van der Waals surface area contributed by atoms with E-state index in [9.17, 15) is 9.59 Å². The molecule has 28 heavy (non-hydrogen) atoms. The number of nitrogens with one attached hydrogen (secondary N) is 2. The smallest absolute Gasteiger partial charge is 0.317 e. The molecule has 0 aliphatic carbocycles. The van der Waals surface area contributed by atoms with Gasteiger partial charge in [0.25, 0.3) is 0 Å². The zero-order valence-electron chi connectivity index (χ0n) is 16.3. The average molecular weight is 385 g/mol. The molecule has 0 bridgehead atoms. The summed E-state index contributed by atoms with van der Waals surface area (Å²) in [4.78, 5) is 32.0. The summed E-state index contributed by atoms with van der Waals surface area (Å²) in [5.74, 6) is 0.0309. The summed E-state index contributed by atoms with van der Waals surface area (Å²) in [6.07, 6.45) is 3.14. The quantitative estimate of drug-likeness (QED) is 0.767. The molecule has 9 heteroatoms. The molecule has 1 aromatic carbocycles. The number of aromatic nitrogens is 3. The largest absolute Gasteiger partial charge is 0.355 e. The number of hydrogen-bond donors (Lipinski definition) is 2. The van der Waals surface area contributed by atoms with Crippen LogP contribution in [0.5, 0.6) is 0 Å². The van der Waals surface area contributed by atoms with Crippen LogP contribution in [0.1, 0.15) is 25.5 Å². The molecule has 1 unspecified atom stereocenters. The van der Waals surface area contributed by atoms with Crippen LogP contribution in [-0.2, 0) is 4.79 Å². The predicted octanol–water partition coefficient (Wildman–Crippen LogP) is 0.792. The Kier molecular flexibility index (Phi) is 6.59. The summed E-state index contributed by atoms with van der Waals surface area (Å²) >= 11 is 0. The van der Waals surface area contributed by atoms with Gasteiger partial charge in [-0.2, -0.15) is 5.10 Å². The highest BCUT2D eigenvalue weighted by Gasteiger charge is 2.23. The van der Waals surface area contributed by atoms with Crippen LogP contribution >= 0.6 is 0 Å². The molecule has 0 spiro atoms. The van der Waals surface area contributed by atoms with E-state index in [-0.39, 0.29) is 18.0 Å². The van der Waals surface area contributed by atoms with Gasteiger partial charge >= 0.3 is 6.03 Å². The Balaban J connectivity index is 1.47. The fourth-order valence-corrected chi connectivity index (χ4v) is 3.18. The number of piperazine rings is 1. The minimum Gasteiger partial charge on any atom is -0.355 e. The van der Waals surface area contributed by atoms with E-state index in [1.54, 1.807) is 15.9 Å². The summed E-state index contributed by atoms with van der Waals surface area (Å²) in [5, 5.41) is 9.96. The van der Waals surface area contributed by atoms with E-state index in [0.29, 0.717) is 39.3 Å². The lowest BCUT2D eigenvalue weighted by Crippen LogP contribution is -2.53. The minimum atomic E-state index is -0.106. The van der Waals surface area contributed by atoms with Crippen molar-refractivity contribution >= 4 is 11.9 Å². The number of carbonyl (C=O) groups excluding carboxylic acids is 2. The first-order valence-corrected chi connectivity index (χ1v) is 9.56. The lowest BCUT2D eigenvalue weighted by molar-refractivity contribution is -0.122. The number of benzene rings is 1. The van der Waals surface area contributed by atoms with Crippen molar-refractivity contribution in [3.63, 3.8) is 0 Å². The van der Waals surface area contributed by atoms with Crippen molar-refractivity contribution in [3.8, 4) is 5.69 Å². The molecular weight excluding hydrogens is 358 g/mol. The third kappa shape index (κ3) is 5.07. The third-order valence-electron chi connectivity index (χ3n) is 4.82. The predicted molar refractivity (Wildman–Crippen MR) is 105 cm³/mol. The summed E-state index contributed by atoms with van der Waals surface area (Å²) in [6, 6.07) is 7.68. The van der Waals surface area contributed by atoms with E-state index in [4.69, 9.17) is 0 Å². The average Bonchev–Trinajstić information content (AvgIpc) is 3.23. The highest BCUT2D eigenvalue weighted by atomic mass is 16.2. The van der Waals surface area contributed by atoms with Gasteiger partial charge in [0.1, 0.15) is 12.7 Å². The second-order valence-electron chi connectivity index (χ2n) is 6.82. The van der Waals surface area contributed by atoms with Crippen LogP contribution in [-0.4, -0.2) is 75.8 Å². The van der Waals surface area contributed by atoms with E-state index in [1.807, 2.05) is 38.1 Å². The number of rotatable bonds is 6. The van der Waals surface area contributed by atoms with Crippen molar-refractivity contribution in [3.05, 3.63) is 42.5 Å². The van der Waals surface area contributed by atoms with Gasteiger partial charge in [-0.3, -0.25) is 9.69 Å². The molecule has 1 atom stereocenters. The van der Waals surface area contributed by atoms with Crippen molar-refractivity contribution in [2.75, 3.05) is 39.3 Å². The van der Waals surface area contributed by atoms with Crippen LogP contribution in [0.15, 0.2) is 36.9 Å². The lowest BCUT2D eigenvalue weighted by Gasteiger charge is -2.34. The Morgan fingerprint density at radius 1 is 1.14 bits per heavy atom. The van der Waals surface area contributed by atoms with Crippen LogP contribution in [0.3, 0.4) is 0 Å². The Morgan fingerprint density at radius 3 is 2.46 bits per heavy atom. The summed E-state index contributed by atoms with van der Waals surface area (Å²) in [6.45, 7) is 7.53. The molecular formula is C19H27N7O2. The monoisotopic (exact) mass is 385 g/mol. The Hall–Kier alpha value is -2.94. The molecule has 1 aromatic heterocycles. The van der Waals surface area contributed by atoms with Crippen LogP contribution in [0, 0.1) is 0 Å². The highest BCUT2D eigenvalue weighted by molar-refractivity contribution is 5.78. The van der Waals surface area contributed by atoms with E-state index >= 15 is 0 Å². The van der Waals surface area contributed by atoms with Crippen LogP contribution in [0.25, 0.3) is 5.69 Å². The van der Waals surface area contributed by atoms with Gasteiger partial charge in [-0.05, 0) is 31.5 Å². The van der Waals surface area contributed by atoms with Crippen LogP contribution < -0.4 is 10.6 Å². The number of hydrogen-bond acceptors (Lipinski definition) is 5. The van der Waals surface area contributed by atoms with E-state index in [0.717, 1.165) is 11.3 Å². The molecule has 1 fully saturated rings. The Bertz CT molecular complexity index is 768. The van der Waals surface area contributed by atoms with Gasteiger partial charge in [-0.25, -0.2) is 14.5 Å². The zero-order chi connectivity index (χ0) is 19.9. The van der Waals surface area contributed by atoms with Gasteiger partial charge in [0.2, 0.25) is 5.91 Å². The first-order chi connectivity index (χ1) is 13.6. The van der Waals surface area contributed by atoms with Crippen LogP contribution in [0.4, 0.5) is 4.79 Å². The molecule has 0 saturated carbocycles. The van der Waals surface area contributed by atoms with Crippen LogP contribution in [0.2, 0.25) is 0 Å². The number of urea groups is 1. The topological polar surface area (TPSA) is 95.4 Å². The number of amides is 3. The van der Waals surface area contributed by atoms with Gasteiger partial charge < -0.3 is 15.5 Å². The van der Waals surface area contributed by atoms with Gasteiger partial charge in [-0.15, -0.1) is 0 Å². The molecule has 150 valence electrons. The zero-order valence-corrected chi connectivity index (χ0v) is 16.3. The maximum absolute atomic E-state index is 12.6. The second kappa shape index (κ2) is 9.32. The highest BCUT2D eigenvalue weighted by Crippen LogP contribution is 2.16. The Labute approximate surface area is 164 Å². The summed E-state index contributed by atoms with van der Waals surface area (Å²) in [5.41, 5.74) is 1.94. The summed E-state index contributed by atoms with van der Waals surface area (Å²) < 4.78 is 1.69. The molecule has 1 saturated heterocycles. The molecule has 9 nitrogen and oxygen atoms in total. The van der Waals surface area contributed by atoms with E-state index < -0.39 is 0 Å². The van der Waals surface area contributed by atoms with Crippen molar-refractivity contribution in [1.82, 2.24) is 35.2 Å². The molecule has 1 aliphatic rings. The van der Waals surface area contributed by atoms with E-state index in [1.165, 1.54) is 6.33 Å². The van der Waals surface area contributed by atoms with Gasteiger partial charge in [0.05, 0.1) is 18.3 Å². The summed E-state index contributed by atoms with van der Waals surface area (Å²) in [7, 11) is 0. The molecule has 0 radical (unpaired) electrons. The molecule has 2 N–H and O–H groups in total. The fourth-order valence-electron chi connectivity index (χ4n) is 3.18. The van der Waals surface area contributed by atoms with Gasteiger partial charge in [-0.1, -0.05) is 12.1 Å². The number of carbonyl (C=O) groups is 2. The van der Waals surface area contributed by atoms with Crippen molar-refractivity contribution in [2.24, 2.45) is 0 Å². The van der Waals surface area contributed by atoms with E-state index in [2.05, 4.69) is 25.6 Å². The standard InChI is InChI=1S/C19H27N7O2/c1-3-21-18(27)12-24-8-10-25(11-9-24)19(28)23-15(2)16-4-6-17(7-5-16)26-14-20-13-22-26/h4-7,13-15H,3,8-12H2,1-2H3,(H,21,27)(H,23,28). The second-order valence-corrected chi connectivity index (χ2v) is 6.82. The SMILES string of the molecule is CCNC(=O)CN1CCN(C(=O)NC(C)c2ccc(-n3cncn3)cc2)CC1. The van der Waals surface area contributed by atoms with Gasteiger partial charge in [0.15, 0.2) is 0 Å². The van der Waals surface area contributed by atoms with Gasteiger partial charge in [0, 0.05) is 32.7 Å². The first kappa shape index (κ1) is 19.8. The molecule has 2 heterocycles. The lowest BCUT2D eigenvalue weighted by atomic mass is 10.1. The fraction of sp³-hybridized carbons (Fsp3) is 0.474. The molecule has 1 aliphatic heterocycles. The normalized spacial score (nSPS) is 15.9. The van der Waals surface area contributed by atoms with Crippen molar-refractivity contribution < 1.29 is 9.59 Å². The molecule has 2 aromatic rings. The van der Waals surface area contributed by atoms with Crippen molar-refractivity contribution in [1.29, 1.82) is 0 Å². The minimum absolute atomic E-state index is 0.0309. The Morgan fingerprint density at radius 2 is 1.86 bits per heavy atom. The maximum Gasteiger partial charge on any atom is 0.317 e. The number of nitrogens with zero attached hydrogens (tertiary/aromatic N) is 5. The number of likely N-dealkylation sites (N-methyl/N-ethyl adjacent to an activating group) is 1.